The van der Waals surface area contributed by atoms with Crippen LogP contribution in [0.2, 0.25) is 0 Å². The fourth-order valence-corrected chi connectivity index (χ4v) is 8.89. The number of aromatic hydroxyl groups is 1. The first kappa shape index (κ1) is 37.4. The lowest BCUT2D eigenvalue weighted by Crippen LogP contribution is -2.65. The Balaban J connectivity index is 0.00000214. The van der Waals surface area contributed by atoms with E-state index in [2.05, 4.69) is 14.9 Å². The summed E-state index contributed by atoms with van der Waals surface area (Å²) in [6.45, 7) is 7.09. The van der Waals surface area contributed by atoms with Crippen LogP contribution in [0.4, 0.5) is 14.6 Å². The fraction of sp³-hybridized carbons (Fsp3) is 0.564. The summed E-state index contributed by atoms with van der Waals surface area (Å²) in [5.41, 5.74) is -2.11. The van der Waals surface area contributed by atoms with Gasteiger partial charge in [-0.05, 0) is 68.5 Å². The van der Waals surface area contributed by atoms with Crippen molar-refractivity contribution in [3.8, 4) is 28.9 Å². The Morgan fingerprint density at radius 3 is 2.55 bits per heavy atom. The molecule has 53 heavy (non-hydrogen) atoms. The van der Waals surface area contributed by atoms with Crippen LogP contribution in [0.15, 0.2) is 30.3 Å². The molecule has 4 aliphatic rings. The smallest absolute Gasteiger partial charge is 0.319 e. The van der Waals surface area contributed by atoms with Gasteiger partial charge in [0.1, 0.15) is 46.3 Å². The highest BCUT2D eigenvalue weighted by atomic mass is 19.1. The van der Waals surface area contributed by atoms with E-state index in [9.17, 15) is 15.3 Å². The number of hydrogen-bond acceptors (Lipinski definition) is 12. The summed E-state index contributed by atoms with van der Waals surface area (Å²) in [5, 5.41) is 34.2. The number of aliphatic hydroxyl groups is 2. The zero-order chi connectivity index (χ0) is 37.3. The number of ether oxygens (including phenoxy) is 4. The van der Waals surface area contributed by atoms with Crippen LogP contribution in [0.5, 0.6) is 17.6 Å². The van der Waals surface area contributed by atoms with Gasteiger partial charge in [0.05, 0.1) is 26.4 Å². The number of rotatable bonds is 7. The number of phenols is 1. The van der Waals surface area contributed by atoms with E-state index < -0.39 is 28.9 Å². The molecule has 0 amide bonds. The molecule has 3 unspecified atom stereocenters. The number of aliphatic hydroxyl groups excluding tert-OH is 1. The quantitative estimate of drug-likeness (QED) is 0.218. The highest BCUT2D eigenvalue weighted by Gasteiger charge is 2.60. The van der Waals surface area contributed by atoms with Crippen molar-refractivity contribution in [1.82, 2.24) is 19.9 Å². The number of hydrogen-bond donors (Lipinski definition) is 3. The maximum absolute atomic E-state index is 17.1. The van der Waals surface area contributed by atoms with Gasteiger partial charge < -0.3 is 39.2 Å². The van der Waals surface area contributed by atoms with E-state index in [1.807, 2.05) is 13.8 Å². The average molecular weight is 738 g/mol. The Morgan fingerprint density at radius 2 is 1.75 bits per heavy atom. The Kier molecular flexibility index (Phi) is 10.9. The Labute approximate surface area is 307 Å². The molecule has 5 heterocycles. The molecule has 0 spiro atoms. The van der Waals surface area contributed by atoms with E-state index in [-0.39, 0.29) is 83.4 Å². The number of pyridine rings is 1. The molecule has 3 saturated heterocycles. The number of phenolic OH excluding ortho intramolecular Hbond substituents is 1. The summed E-state index contributed by atoms with van der Waals surface area (Å²) < 4.78 is 55.7. The third kappa shape index (κ3) is 6.73. The van der Waals surface area contributed by atoms with E-state index in [1.54, 1.807) is 11.0 Å². The van der Waals surface area contributed by atoms with E-state index in [0.717, 1.165) is 45.1 Å². The summed E-state index contributed by atoms with van der Waals surface area (Å²) in [6, 6.07) is 7.15. The van der Waals surface area contributed by atoms with Gasteiger partial charge in [0.25, 0.3) is 0 Å². The Morgan fingerprint density at radius 1 is 0.962 bits per heavy atom. The van der Waals surface area contributed by atoms with Gasteiger partial charge >= 0.3 is 6.01 Å². The van der Waals surface area contributed by atoms with Crippen LogP contribution in [-0.4, -0.2) is 113 Å². The van der Waals surface area contributed by atoms with Crippen molar-refractivity contribution in [3.05, 3.63) is 42.0 Å². The molecule has 286 valence electrons. The molecular formula is C39H49F2N5O7. The number of piperidine rings is 1. The number of methoxy groups -OCH3 is 1. The molecule has 0 radical (unpaired) electrons. The maximum Gasteiger partial charge on any atom is 0.319 e. The van der Waals surface area contributed by atoms with Gasteiger partial charge in [-0.1, -0.05) is 26.0 Å². The first-order valence-electron chi connectivity index (χ1n) is 18.8. The minimum Gasteiger partial charge on any atom is -0.508 e. The van der Waals surface area contributed by atoms with Crippen molar-refractivity contribution in [3.63, 3.8) is 0 Å². The molecule has 2 aromatic heterocycles. The van der Waals surface area contributed by atoms with E-state index in [0.29, 0.717) is 31.6 Å². The van der Waals surface area contributed by atoms with Crippen molar-refractivity contribution in [2.45, 2.75) is 76.7 Å². The van der Waals surface area contributed by atoms with E-state index in [4.69, 9.17) is 23.9 Å². The van der Waals surface area contributed by atoms with Crippen molar-refractivity contribution in [1.29, 1.82) is 0 Å². The Hall–Kier alpha value is -3.95. The Bertz CT molecular complexity index is 1950. The van der Waals surface area contributed by atoms with Crippen LogP contribution in [0.25, 0.3) is 32.9 Å². The van der Waals surface area contributed by atoms with Crippen LogP contribution >= 0.6 is 0 Å². The lowest BCUT2D eigenvalue weighted by molar-refractivity contribution is -0.230. The molecule has 14 heteroatoms. The first-order valence-corrected chi connectivity index (χ1v) is 18.8. The molecule has 4 aromatic rings. The zero-order valence-corrected chi connectivity index (χ0v) is 30.6. The highest BCUT2D eigenvalue weighted by Crippen LogP contribution is 2.55. The molecule has 4 fully saturated rings. The topological polar surface area (TPSA) is 143 Å². The molecule has 2 aromatic carbocycles. The van der Waals surface area contributed by atoms with Crippen molar-refractivity contribution < 1.29 is 43.0 Å². The minimum atomic E-state index is -1.08. The second kappa shape index (κ2) is 15.4. The largest absolute Gasteiger partial charge is 0.508 e. The second-order valence-corrected chi connectivity index (χ2v) is 14.2. The summed E-state index contributed by atoms with van der Waals surface area (Å²) >= 11 is 0. The van der Waals surface area contributed by atoms with Gasteiger partial charge in [-0.3, -0.25) is 4.90 Å². The fourth-order valence-electron chi connectivity index (χ4n) is 8.89. The third-order valence-electron chi connectivity index (χ3n) is 11.3. The number of benzene rings is 2. The third-order valence-corrected chi connectivity index (χ3v) is 11.3. The standard InChI is InChI=1S/C37H43F2N5O7.C2H6/c1-48-34-29-32(30(39)31(40-34)26-18-24(45)17-22-5-2-6-27(38)28(22)26)41-35(42-33(29)43-13-16-50-20-25(46)19-43)51-21-36-9-3-11-37(36,47)44(12-4-10-36)23-7-14-49-15-8-23;1-2/h2,5-6,17-18,23,25,45-47H,3-4,7-16,19-21H2,1H3;1-2H3. The zero-order valence-electron chi connectivity index (χ0n) is 30.6. The second-order valence-electron chi connectivity index (χ2n) is 14.2. The lowest BCUT2D eigenvalue weighted by atomic mass is 9.72. The normalized spacial score (nSPS) is 25.5. The van der Waals surface area contributed by atoms with Crippen LogP contribution < -0.4 is 14.4 Å². The highest BCUT2D eigenvalue weighted by molar-refractivity contribution is 6.02. The maximum atomic E-state index is 17.1. The summed E-state index contributed by atoms with van der Waals surface area (Å²) in [7, 11) is 1.38. The predicted octanol–water partition coefficient (Wildman–Crippen LogP) is 5.57. The first-order chi connectivity index (χ1) is 25.7. The molecule has 0 bridgehead atoms. The number of β-amino-alcohol motifs (C(OH)–C–C–N with tert-alkyl or cyclic N) is 1. The van der Waals surface area contributed by atoms with Gasteiger partial charge in [-0.2, -0.15) is 9.97 Å². The molecule has 3 N–H and O–H groups in total. The van der Waals surface area contributed by atoms with Crippen molar-refractivity contribution >= 4 is 27.5 Å². The summed E-state index contributed by atoms with van der Waals surface area (Å²) in [5.74, 6) is -1.49. The van der Waals surface area contributed by atoms with Crippen LogP contribution in [0, 0.1) is 17.0 Å². The van der Waals surface area contributed by atoms with Gasteiger partial charge in [-0.15, -0.1) is 0 Å². The molecule has 3 aliphatic heterocycles. The molecule has 8 rings (SSSR count). The monoisotopic (exact) mass is 737 g/mol. The van der Waals surface area contributed by atoms with Crippen LogP contribution in [0.1, 0.15) is 58.8 Å². The molecule has 12 nitrogen and oxygen atoms in total. The van der Waals surface area contributed by atoms with Crippen LogP contribution in [-0.2, 0) is 9.47 Å². The molecule has 3 atom stereocenters. The summed E-state index contributed by atoms with van der Waals surface area (Å²) in [4.78, 5) is 17.9. The molecule has 1 aliphatic carbocycles. The number of anilines is 1. The van der Waals surface area contributed by atoms with Gasteiger partial charge in [0.15, 0.2) is 5.82 Å². The molecular weight excluding hydrogens is 688 g/mol. The predicted molar refractivity (Wildman–Crippen MR) is 195 cm³/mol. The SMILES string of the molecule is CC.COc1nc(-c2cc(O)cc3cccc(F)c23)c(F)c2nc(OCC34CCCN(C5CCOCC5)C3(O)CCC4)nc(N3CCOCC(O)C3)c12. The number of fused-ring (bicyclic) bond motifs is 3. The van der Waals surface area contributed by atoms with E-state index >= 15 is 8.78 Å². The van der Waals surface area contributed by atoms with Crippen molar-refractivity contribution in [2.24, 2.45) is 5.41 Å². The number of nitrogens with zero attached hydrogens (tertiary/aromatic N) is 5. The van der Waals surface area contributed by atoms with Crippen molar-refractivity contribution in [2.75, 3.05) is 64.7 Å². The number of likely N-dealkylation sites (tertiary alicyclic amines) is 1. The number of halogens is 2. The minimum absolute atomic E-state index is 0.0207. The summed E-state index contributed by atoms with van der Waals surface area (Å²) in [6.07, 6.45) is 4.74. The van der Waals surface area contributed by atoms with Crippen LogP contribution in [0.3, 0.4) is 0 Å². The van der Waals surface area contributed by atoms with Gasteiger partial charge in [0.2, 0.25) is 5.88 Å². The van der Waals surface area contributed by atoms with Gasteiger partial charge in [-0.25, -0.2) is 13.8 Å². The lowest BCUT2D eigenvalue weighted by Gasteiger charge is -2.55. The average Bonchev–Trinajstić information content (AvgIpc) is 3.37. The molecule has 1 saturated carbocycles. The number of aromatic nitrogens is 3. The van der Waals surface area contributed by atoms with E-state index in [1.165, 1.54) is 31.4 Å². The van der Waals surface area contributed by atoms with Gasteiger partial charge in [0, 0.05) is 55.3 Å².